The highest BCUT2D eigenvalue weighted by atomic mass is 79.9. The van der Waals surface area contributed by atoms with Gasteiger partial charge in [0.15, 0.2) is 5.84 Å². The minimum Gasteiger partial charge on any atom is -0.497 e. The van der Waals surface area contributed by atoms with E-state index in [1.54, 1.807) is 37.6 Å². The molecule has 0 aliphatic rings. The summed E-state index contributed by atoms with van der Waals surface area (Å²) in [6.45, 7) is 0.240. The molecule has 0 fully saturated rings. The van der Waals surface area contributed by atoms with E-state index in [-0.39, 0.29) is 12.4 Å². The van der Waals surface area contributed by atoms with Gasteiger partial charge in [-0.15, -0.1) is 0 Å². The highest BCUT2D eigenvalue weighted by molar-refractivity contribution is 9.10. The maximum atomic E-state index is 8.76. The van der Waals surface area contributed by atoms with Gasteiger partial charge in [0.2, 0.25) is 0 Å². The lowest BCUT2D eigenvalue weighted by atomic mass is 10.2. The zero-order valence-corrected chi connectivity index (χ0v) is 12.9. The molecule has 0 radical (unpaired) electrons. The molecular formula is C14H14BrN3O3. The van der Waals surface area contributed by atoms with E-state index in [4.69, 9.17) is 20.4 Å². The molecule has 21 heavy (non-hydrogen) atoms. The second-order valence-electron chi connectivity index (χ2n) is 4.08. The van der Waals surface area contributed by atoms with Crippen LogP contribution in [0.25, 0.3) is 0 Å². The molecule has 0 aliphatic carbocycles. The van der Waals surface area contributed by atoms with Crippen molar-refractivity contribution in [3.8, 4) is 11.5 Å². The molecule has 7 heteroatoms. The van der Waals surface area contributed by atoms with E-state index in [0.29, 0.717) is 11.4 Å². The molecule has 1 aromatic heterocycles. The fourth-order valence-electron chi connectivity index (χ4n) is 1.71. The van der Waals surface area contributed by atoms with Crippen LogP contribution in [0.3, 0.4) is 0 Å². The van der Waals surface area contributed by atoms with Gasteiger partial charge >= 0.3 is 0 Å². The summed E-state index contributed by atoms with van der Waals surface area (Å²) in [5, 5.41) is 11.7. The molecule has 1 aromatic carbocycles. The molecule has 0 unspecified atom stereocenters. The van der Waals surface area contributed by atoms with Crippen LogP contribution < -0.4 is 15.2 Å². The van der Waals surface area contributed by atoms with Crippen LogP contribution in [0.15, 0.2) is 46.2 Å². The molecule has 2 rings (SSSR count). The lowest BCUT2D eigenvalue weighted by Gasteiger charge is -2.11. The van der Waals surface area contributed by atoms with Crippen molar-refractivity contribution in [3.05, 3.63) is 52.3 Å². The van der Waals surface area contributed by atoms with Crippen LogP contribution in [0.1, 0.15) is 11.3 Å². The second kappa shape index (κ2) is 6.94. The van der Waals surface area contributed by atoms with E-state index in [1.165, 1.54) is 0 Å². The summed E-state index contributed by atoms with van der Waals surface area (Å²) in [7, 11) is 1.60. The Morgan fingerprint density at radius 3 is 2.90 bits per heavy atom. The Balaban J connectivity index is 2.17. The number of nitrogens with zero attached hydrogens (tertiary/aromatic N) is 2. The molecule has 0 spiro atoms. The number of nitrogens with two attached hydrogens (primary N) is 1. The topological polar surface area (TPSA) is 90.0 Å². The largest absolute Gasteiger partial charge is 0.497 e. The molecule has 6 nitrogen and oxygen atoms in total. The summed E-state index contributed by atoms with van der Waals surface area (Å²) in [4.78, 5) is 4.08. The number of hydrogen-bond donors (Lipinski definition) is 2. The van der Waals surface area contributed by atoms with E-state index in [9.17, 15) is 0 Å². The Labute approximate surface area is 130 Å². The molecule has 0 amide bonds. The van der Waals surface area contributed by atoms with Crippen LogP contribution in [0.4, 0.5) is 0 Å². The number of hydrogen-bond acceptors (Lipinski definition) is 5. The Hall–Kier alpha value is -2.28. The van der Waals surface area contributed by atoms with Crippen LogP contribution in [0.5, 0.6) is 11.5 Å². The van der Waals surface area contributed by atoms with Crippen molar-refractivity contribution in [2.75, 3.05) is 7.11 Å². The lowest BCUT2D eigenvalue weighted by Crippen LogP contribution is -2.18. The van der Waals surface area contributed by atoms with Crippen molar-refractivity contribution in [2.24, 2.45) is 10.9 Å². The molecule has 0 bridgehead atoms. The van der Waals surface area contributed by atoms with Crippen molar-refractivity contribution in [1.29, 1.82) is 0 Å². The third-order valence-corrected chi connectivity index (χ3v) is 3.38. The molecule has 3 N–H and O–H groups in total. The standard InChI is InChI=1S/C14H14BrN3O3/c1-20-10-4-5-12(11(15)7-10)21-8-9-3-2-6-17-13(9)14(16)18-19/h2-7,19H,8H2,1H3,(H2,16,18). The van der Waals surface area contributed by atoms with E-state index >= 15 is 0 Å². The molecule has 110 valence electrons. The van der Waals surface area contributed by atoms with Gasteiger partial charge in [-0.05, 0) is 40.2 Å². The average Bonchev–Trinajstić information content (AvgIpc) is 2.53. The predicted octanol–water partition coefficient (Wildman–Crippen LogP) is 2.53. The first kappa shape index (κ1) is 15.1. The second-order valence-corrected chi connectivity index (χ2v) is 4.94. The van der Waals surface area contributed by atoms with Crippen LogP contribution in [0, 0.1) is 0 Å². The number of methoxy groups -OCH3 is 1. The van der Waals surface area contributed by atoms with Crippen LogP contribution in [0.2, 0.25) is 0 Å². The first-order chi connectivity index (χ1) is 10.2. The highest BCUT2D eigenvalue weighted by Crippen LogP contribution is 2.29. The van der Waals surface area contributed by atoms with Gasteiger partial charge in [-0.3, -0.25) is 4.98 Å². The number of pyridine rings is 1. The van der Waals surface area contributed by atoms with Gasteiger partial charge in [-0.1, -0.05) is 11.2 Å². The Morgan fingerprint density at radius 2 is 2.24 bits per heavy atom. The minimum atomic E-state index is -0.0528. The smallest absolute Gasteiger partial charge is 0.189 e. The SMILES string of the molecule is COc1ccc(OCc2cccnc2/C(N)=N/O)c(Br)c1. The van der Waals surface area contributed by atoms with Crippen molar-refractivity contribution in [1.82, 2.24) is 4.98 Å². The van der Waals surface area contributed by atoms with Gasteiger partial charge in [-0.2, -0.15) is 0 Å². The summed E-state index contributed by atoms with van der Waals surface area (Å²) >= 11 is 3.41. The number of halogens is 1. The van der Waals surface area contributed by atoms with Crippen molar-refractivity contribution in [3.63, 3.8) is 0 Å². The predicted molar refractivity (Wildman–Crippen MR) is 81.8 cm³/mol. The maximum absolute atomic E-state index is 8.76. The van der Waals surface area contributed by atoms with Crippen molar-refractivity contribution < 1.29 is 14.7 Å². The van der Waals surface area contributed by atoms with Crippen LogP contribution in [-0.4, -0.2) is 23.1 Å². The minimum absolute atomic E-state index is 0.0528. The number of ether oxygens (including phenoxy) is 2. The fourth-order valence-corrected chi connectivity index (χ4v) is 2.19. The van der Waals surface area contributed by atoms with Gasteiger partial charge in [0.05, 0.1) is 11.6 Å². The number of oxime groups is 1. The van der Waals surface area contributed by atoms with Crippen LogP contribution >= 0.6 is 15.9 Å². The molecule has 0 aliphatic heterocycles. The van der Waals surface area contributed by atoms with E-state index < -0.39 is 0 Å². The van der Waals surface area contributed by atoms with E-state index in [0.717, 1.165) is 15.8 Å². The Morgan fingerprint density at radius 1 is 1.43 bits per heavy atom. The van der Waals surface area contributed by atoms with Crippen molar-refractivity contribution in [2.45, 2.75) is 6.61 Å². The summed E-state index contributed by atoms with van der Waals surface area (Å²) in [5.41, 5.74) is 6.70. The van der Waals surface area contributed by atoms with E-state index in [1.807, 2.05) is 6.07 Å². The maximum Gasteiger partial charge on any atom is 0.189 e. The third kappa shape index (κ3) is 3.63. The molecule has 2 aromatic rings. The Bertz CT molecular complexity index is 662. The van der Waals surface area contributed by atoms with Gasteiger partial charge in [-0.25, -0.2) is 0 Å². The zero-order chi connectivity index (χ0) is 15.2. The third-order valence-electron chi connectivity index (χ3n) is 2.76. The van der Waals surface area contributed by atoms with E-state index in [2.05, 4.69) is 26.1 Å². The normalized spacial score (nSPS) is 11.2. The van der Waals surface area contributed by atoms with Crippen LogP contribution in [-0.2, 0) is 6.61 Å². The van der Waals surface area contributed by atoms with Gasteiger partial charge in [0, 0.05) is 11.8 Å². The van der Waals surface area contributed by atoms with Crippen molar-refractivity contribution >= 4 is 21.8 Å². The van der Waals surface area contributed by atoms with Gasteiger partial charge < -0.3 is 20.4 Å². The molecule has 1 heterocycles. The number of rotatable bonds is 5. The summed E-state index contributed by atoms with van der Waals surface area (Å²) in [5.74, 6) is 1.33. The number of aromatic nitrogens is 1. The average molecular weight is 352 g/mol. The number of amidine groups is 1. The van der Waals surface area contributed by atoms with Gasteiger partial charge in [0.25, 0.3) is 0 Å². The molecule has 0 saturated heterocycles. The summed E-state index contributed by atoms with van der Waals surface area (Å²) < 4.78 is 11.6. The summed E-state index contributed by atoms with van der Waals surface area (Å²) in [6.07, 6.45) is 1.57. The zero-order valence-electron chi connectivity index (χ0n) is 11.3. The first-order valence-corrected chi connectivity index (χ1v) is 6.83. The summed E-state index contributed by atoms with van der Waals surface area (Å²) in [6, 6.07) is 8.97. The molecular weight excluding hydrogens is 338 g/mol. The highest BCUT2D eigenvalue weighted by Gasteiger charge is 2.10. The monoisotopic (exact) mass is 351 g/mol. The lowest BCUT2D eigenvalue weighted by molar-refractivity contribution is 0.302. The fraction of sp³-hybridized carbons (Fsp3) is 0.143. The first-order valence-electron chi connectivity index (χ1n) is 6.04. The van der Waals surface area contributed by atoms with Gasteiger partial charge in [0.1, 0.15) is 23.8 Å². The quantitative estimate of drug-likeness (QED) is 0.374. The Kier molecular flexibility index (Phi) is 4.99. The molecule has 0 saturated carbocycles. The molecule has 0 atom stereocenters. The number of benzene rings is 1.